The smallest absolute Gasteiger partial charge is 0.134 e. The van der Waals surface area contributed by atoms with Crippen molar-refractivity contribution in [3.63, 3.8) is 0 Å². The van der Waals surface area contributed by atoms with Crippen molar-refractivity contribution in [2.75, 3.05) is 19.8 Å². The average molecular weight is 261 g/mol. The van der Waals surface area contributed by atoms with Crippen LogP contribution in [-0.2, 0) is 4.74 Å². The zero-order valence-electron chi connectivity index (χ0n) is 11.8. The molecule has 0 spiro atoms. The minimum Gasteiger partial charge on any atom is -0.459 e. The Morgan fingerprint density at radius 1 is 1.26 bits per heavy atom. The van der Waals surface area contributed by atoms with E-state index in [9.17, 15) is 0 Å². The van der Waals surface area contributed by atoms with Gasteiger partial charge in [0, 0.05) is 18.6 Å². The fourth-order valence-electron chi connectivity index (χ4n) is 2.30. The molecule has 0 saturated heterocycles. The summed E-state index contributed by atoms with van der Waals surface area (Å²) in [6, 6.07) is 10.6. The standard InChI is InChI=1S/C16H23NO2/c1-3-17-14(9-7-11-18-4-2)16-12-13-8-5-6-10-15(13)19-16/h5-6,8,10,12,14,17H,3-4,7,9,11H2,1-2H3. The number of hydrogen-bond acceptors (Lipinski definition) is 3. The van der Waals surface area contributed by atoms with Crippen LogP contribution in [0.2, 0.25) is 0 Å². The molecule has 3 heteroatoms. The van der Waals surface area contributed by atoms with Crippen LogP contribution in [0.4, 0.5) is 0 Å². The molecular weight excluding hydrogens is 238 g/mol. The molecule has 0 amide bonds. The first-order valence-electron chi connectivity index (χ1n) is 7.14. The summed E-state index contributed by atoms with van der Waals surface area (Å²) >= 11 is 0. The highest BCUT2D eigenvalue weighted by atomic mass is 16.5. The van der Waals surface area contributed by atoms with Gasteiger partial charge >= 0.3 is 0 Å². The fraction of sp³-hybridized carbons (Fsp3) is 0.500. The maximum absolute atomic E-state index is 5.94. The van der Waals surface area contributed by atoms with Crippen molar-refractivity contribution in [3.05, 3.63) is 36.1 Å². The van der Waals surface area contributed by atoms with E-state index in [1.165, 1.54) is 5.39 Å². The number of ether oxygens (including phenoxy) is 1. The van der Waals surface area contributed by atoms with E-state index in [-0.39, 0.29) is 6.04 Å². The number of fused-ring (bicyclic) bond motifs is 1. The van der Waals surface area contributed by atoms with Gasteiger partial charge in [0.1, 0.15) is 11.3 Å². The SMILES string of the molecule is CCNC(CCCOCC)c1cc2ccccc2o1. The molecule has 0 bridgehead atoms. The van der Waals surface area contributed by atoms with Gasteiger partial charge in [0.05, 0.1) is 6.04 Å². The van der Waals surface area contributed by atoms with Crippen LogP contribution in [0.25, 0.3) is 11.0 Å². The van der Waals surface area contributed by atoms with Gasteiger partial charge in [-0.2, -0.15) is 0 Å². The van der Waals surface area contributed by atoms with Gasteiger partial charge < -0.3 is 14.5 Å². The lowest BCUT2D eigenvalue weighted by Gasteiger charge is -2.15. The van der Waals surface area contributed by atoms with E-state index in [0.717, 1.165) is 43.9 Å². The Bertz CT molecular complexity index is 459. The summed E-state index contributed by atoms with van der Waals surface area (Å²) in [5.41, 5.74) is 0.963. The van der Waals surface area contributed by atoms with Gasteiger partial charge in [-0.1, -0.05) is 25.1 Å². The average Bonchev–Trinajstić information content (AvgIpc) is 2.86. The zero-order valence-corrected chi connectivity index (χ0v) is 11.8. The van der Waals surface area contributed by atoms with Crippen molar-refractivity contribution in [2.24, 2.45) is 0 Å². The van der Waals surface area contributed by atoms with Crippen LogP contribution in [0.1, 0.15) is 38.5 Å². The Balaban J connectivity index is 2.04. The molecule has 0 aliphatic rings. The molecule has 1 heterocycles. The molecule has 1 N–H and O–H groups in total. The molecule has 0 saturated carbocycles. The van der Waals surface area contributed by atoms with Gasteiger partial charge in [-0.05, 0) is 38.4 Å². The molecule has 104 valence electrons. The lowest BCUT2D eigenvalue weighted by molar-refractivity contribution is 0.140. The second-order valence-corrected chi connectivity index (χ2v) is 4.64. The van der Waals surface area contributed by atoms with Crippen LogP contribution in [0.5, 0.6) is 0 Å². The number of benzene rings is 1. The molecule has 1 atom stereocenters. The fourth-order valence-corrected chi connectivity index (χ4v) is 2.30. The van der Waals surface area contributed by atoms with Crippen molar-refractivity contribution in [3.8, 4) is 0 Å². The van der Waals surface area contributed by atoms with E-state index >= 15 is 0 Å². The molecule has 0 aliphatic carbocycles. The molecule has 19 heavy (non-hydrogen) atoms. The molecule has 0 fully saturated rings. The molecule has 2 rings (SSSR count). The third kappa shape index (κ3) is 3.82. The van der Waals surface area contributed by atoms with Crippen LogP contribution in [0.15, 0.2) is 34.7 Å². The third-order valence-corrected chi connectivity index (χ3v) is 3.22. The molecule has 0 aliphatic heterocycles. The second kappa shape index (κ2) is 7.31. The largest absolute Gasteiger partial charge is 0.459 e. The Kier molecular flexibility index (Phi) is 5.43. The Hall–Kier alpha value is -1.32. The first-order valence-corrected chi connectivity index (χ1v) is 7.14. The summed E-state index contributed by atoms with van der Waals surface area (Å²) in [6.45, 7) is 6.70. The Morgan fingerprint density at radius 3 is 2.84 bits per heavy atom. The molecule has 1 aromatic heterocycles. The van der Waals surface area contributed by atoms with Crippen molar-refractivity contribution in [2.45, 2.75) is 32.7 Å². The van der Waals surface area contributed by atoms with E-state index in [4.69, 9.17) is 9.15 Å². The van der Waals surface area contributed by atoms with E-state index in [1.807, 2.05) is 25.1 Å². The highest BCUT2D eigenvalue weighted by Gasteiger charge is 2.14. The van der Waals surface area contributed by atoms with Gasteiger partial charge in [-0.25, -0.2) is 0 Å². The molecule has 0 radical (unpaired) electrons. The highest BCUT2D eigenvalue weighted by molar-refractivity contribution is 5.77. The summed E-state index contributed by atoms with van der Waals surface area (Å²) in [6.07, 6.45) is 2.08. The summed E-state index contributed by atoms with van der Waals surface area (Å²) in [5.74, 6) is 1.03. The zero-order chi connectivity index (χ0) is 13.5. The van der Waals surface area contributed by atoms with E-state index in [2.05, 4.69) is 24.4 Å². The van der Waals surface area contributed by atoms with Crippen molar-refractivity contribution < 1.29 is 9.15 Å². The van der Waals surface area contributed by atoms with Crippen LogP contribution < -0.4 is 5.32 Å². The maximum Gasteiger partial charge on any atom is 0.134 e. The number of nitrogens with one attached hydrogen (secondary N) is 1. The normalized spacial score (nSPS) is 12.9. The third-order valence-electron chi connectivity index (χ3n) is 3.22. The molecule has 2 aromatic rings. The molecule has 1 unspecified atom stereocenters. The van der Waals surface area contributed by atoms with Crippen molar-refractivity contribution >= 4 is 11.0 Å². The maximum atomic E-state index is 5.94. The predicted octanol–water partition coefficient (Wildman–Crippen LogP) is 3.90. The number of rotatable bonds is 8. The van der Waals surface area contributed by atoms with Crippen molar-refractivity contribution in [1.29, 1.82) is 0 Å². The van der Waals surface area contributed by atoms with Crippen LogP contribution >= 0.6 is 0 Å². The quantitative estimate of drug-likeness (QED) is 0.732. The summed E-state index contributed by atoms with van der Waals surface area (Å²) in [5, 5.41) is 4.66. The van der Waals surface area contributed by atoms with Crippen molar-refractivity contribution in [1.82, 2.24) is 5.32 Å². The Labute approximate surface area is 114 Å². The lowest BCUT2D eigenvalue weighted by atomic mass is 10.1. The van der Waals surface area contributed by atoms with Gasteiger partial charge in [0.15, 0.2) is 0 Å². The lowest BCUT2D eigenvalue weighted by Crippen LogP contribution is -2.20. The molecule has 1 aromatic carbocycles. The number of hydrogen-bond donors (Lipinski definition) is 1. The topological polar surface area (TPSA) is 34.4 Å². The van der Waals surface area contributed by atoms with E-state index in [1.54, 1.807) is 0 Å². The summed E-state index contributed by atoms with van der Waals surface area (Å²) in [4.78, 5) is 0. The minimum atomic E-state index is 0.276. The van der Waals surface area contributed by atoms with Crippen LogP contribution in [0.3, 0.4) is 0 Å². The van der Waals surface area contributed by atoms with Crippen LogP contribution in [-0.4, -0.2) is 19.8 Å². The summed E-state index contributed by atoms with van der Waals surface area (Å²) in [7, 11) is 0. The van der Waals surface area contributed by atoms with Gasteiger partial charge in [-0.15, -0.1) is 0 Å². The second-order valence-electron chi connectivity index (χ2n) is 4.64. The molecular formula is C16H23NO2. The Morgan fingerprint density at radius 2 is 2.11 bits per heavy atom. The molecule has 3 nitrogen and oxygen atoms in total. The number of para-hydroxylation sites is 1. The monoisotopic (exact) mass is 261 g/mol. The van der Waals surface area contributed by atoms with Gasteiger partial charge in [0.2, 0.25) is 0 Å². The van der Waals surface area contributed by atoms with E-state index < -0.39 is 0 Å². The van der Waals surface area contributed by atoms with Gasteiger partial charge in [0.25, 0.3) is 0 Å². The van der Waals surface area contributed by atoms with E-state index in [0.29, 0.717) is 0 Å². The van der Waals surface area contributed by atoms with Gasteiger partial charge in [-0.3, -0.25) is 0 Å². The van der Waals surface area contributed by atoms with Crippen LogP contribution in [0, 0.1) is 0 Å². The summed E-state index contributed by atoms with van der Waals surface area (Å²) < 4.78 is 11.3. The first kappa shape index (κ1) is 14.1. The minimum absolute atomic E-state index is 0.276. The number of furan rings is 1. The predicted molar refractivity (Wildman–Crippen MR) is 78.4 cm³/mol. The first-order chi connectivity index (χ1) is 9.35. The highest BCUT2D eigenvalue weighted by Crippen LogP contribution is 2.26.